The number of carbonyl (C=O) groups is 1. The van der Waals surface area contributed by atoms with E-state index in [0.29, 0.717) is 22.2 Å². The van der Waals surface area contributed by atoms with Gasteiger partial charge in [0.2, 0.25) is 0 Å². The highest BCUT2D eigenvalue weighted by Crippen LogP contribution is 2.26. The number of benzene rings is 1. The maximum Gasteiger partial charge on any atom is 0.258 e. The fourth-order valence-electron chi connectivity index (χ4n) is 2.20. The highest BCUT2D eigenvalue weighted by molar-refractivity contribution is 7.91. The smallest absolute Gasteiger partial charge is 0.258 e. The molecule has 2 rings (SSSR count). The van der Waals surface area contributed by atoms with Gasteiger partial charge in [0.1, 0.15) is 5.75 Å². The molecule has 1 heterocycles. The van der Waals surface area contributed by atoms with Crippen molar-refractivity contribution >= 4 is 38.9 Å². The van der Waals surface area contributed by atoms with Crippen LogP contribution in [-0.2, 0) is 14.6 Å². The summed E-state index contributed by atoms with van der Waals surface area (Å²) in [5, 5.41) is 3.44. The predicted octanol–water partition coefficient (Wildman–Crippen LogP) is 2.07. The van der Waals surface area contributed by atoms with Gasteiger partial charge in [0, 0.05) is 6.07 Å². The number of amides is 1. The van der Waals surface area contributed by atoms with Gasteiger partial charge in [-0.3, -0.25) is 4.79 Å². The van der Waals surface area contributed by atoms with Crippen LogP contribution < -0.4 is 10.1 Å². The first-order valence-electron chi connectivity index (χ1n) is 6.28. The predicted molar refractivity (Wildman–Crippen MR) is 81.8 cm³/mol. The van der Waals surface area contributed by atoms with E-state index < -0.39 is 15.4 Å². The third-order valence-corrected chi connectivity index (χ3v) is 5.85. The average Bonchev–Trinajstić information content (AvgIpc) is 2.65. The van der Waals surface area contributed by atoms with Crippen LogP contribution in [0.5, 0.6) is 5.75 Å². The molecule has 1 aliphatic heterocycles. The first-order valence-corrected chi connectivity index (χ1v) is 8.86. The molecule has 1 saturated heterocycles. The summed E-state index contributed by atoms with van der Waals surface area (Å²) in [5.41, 5.74) is -0.725. The molecule has 0 aromatic heterocycles. The van der Waals surface area contributed by atoms with E-state index in [2.05, 4.69) is 5.32 Å². The van der Waals surface area contributed by atoms with Gasteiger partial charge in [-0.1, -0.05) is 23.2 Å². The van der Waals surface area contributed by atoms with Crippen LogP contribution >= 0.6 is 23.2 Å². The minimum Gasteiger partial charge on any atom is -0.484 e. The number of hydrogen-bond donors (Lipinski definition) is 1. The fourth-order valence-corrected chi connectivity index (χ4v) is 4.58. The Balaban J connectivity index is 1.89. The molecule has 0 spiro atoms. The Morgan fingerprint density at radius 2 is 2.10 bits per heavy atom. The van der Waals surface area contributed by atoms with Crippen LogP contribution in [0, 0.1) is 0 Å². The molecule has 0 bridgehead atoms. The minimum absolute atomic E-state index is 0.0431. The second kappa shape index (κ2) is 6.02. The van der Waals surface area contributed by atoms with Gasteiger partial charge in [0.25, 0.3) is 5.91 Å². The Labute approximate surface area is 133 Å². The summed E-state index contributed by atoms with van der Waals surface area (Å²) in [6.07, 6.45) is 0.411. The number of ether oxygens (including phenoxy) is 1. The van der Waals surface area contributed by atoms with Crippen LogP contribution in [0.2, 0.25) is 10.0 Å². The van der Waals surface area contributed by atoms with Crippen molar-refractivity contribution < 1.29 is 17.9 Å². The van der Waals surface area contributed by atoms with Crippen molar-refractivity contribution in [1.82, 2.24) is 5.32 Å². The lowest BCUT2D eigenvalue weighted by Gasteiger charge is -2.23. The van der Waals surface area contributed by atoms with Crippen molar-refractivity contribution in [2.45, 2.75) is 18.9 Å². The second-order valence-electron chi connectivity index (χ2n) is 5.32. The van der Waals surface area contributed by atoms with Gasteiger partial charge < -0.3 is 10.1 Å². The zero-order chi connectivity index (χ0) is 15.7. The van der Waals surface area contributed by atoms with Crippen molar-refractivity contribution in [3.05, 3.63) is 28.2 Å². The standard InChI is InChI=1S/C13H15Cl2NO4S/c1-13(4-5-21(18,19)8-13)16-12(17)7-20-9-2-3-10(14)11(15)6-9/h2-3,6H,4-5,7-8H2,1H3,(H,16,17). The SMILES string of the molecule is CC1(NC(=O)COc2ccc(Cl)c(Cl)c2)CCS(=O)(=O)C1. The molecule has 1 atom stereocenters. The maximum absolute atomic E-state index is 11.9. The number of nitrogens with one attached hydrogen (secondary N) is 1. The molecule has 21 heavy (non-hydrogen) atoms. The van der Waals surface area contributed by atoms with Gasteiger partial charge in [-0.05, 0) is 25.5 Å². The second-order valence-corrected chi connectivity index (χ2v) is 8.31. The van der Waals surface area contributed by atoms with Gasteiger partial charge in [-0.15, -0.1) is 0 Å². The third kappa shape index (κ3) is 4.49. The highest BCUT2D eigenvalue weighted by atomic mass is 35.5. The maximum atomic E-state index is 11.9. The molecule has 1 N–H and O–H groups in total. The topological polar surface area (TPSA) is 72.5 Å². The molecule has 8 heteroatoms. The number of carbonyl (C=O) groups excluding carboxylic acids is 1. The molecule has 1 aromatic carbocycles. The summed E-state index contributed by atoms with van der Waals surface area (Å²) >= 11 is 11.6. The van der Waals surface area contributed by atoms with E-state index in [9.17, 15) is 13.2 Å². The van der Waals surface area contributed by atoms with Gasteiger partial charge in [-0.2, -0.15) is 0 Å². The molecular formula is C13H15Cl2NO4S. The van der Waals surface area contributed by atoms with Crippen molar-refractivity contribution in [2.75, 3.05) is 18.1 Å². The van der Waals surface area contributed by atoms with Crippen LogP contribution in [0.4, 0.5) is 0 Å². The van der Waals surface area contributed by atoms with Crippen LogP contribution in [0.15, 0.2) is 18.2 Å². The summed E-state index contributed by atoms with van der Waals surface area (Å²) in [5.74, 6) is 0.0973. The Morgan fingerprint density at radius 3 is 2.67 bits per heavy atom. The van der Waals surface area contributed by atoms with Gasteiger partial charge in [0.05, 0.1) is 27.1 Å². The molecule has 1 aliphatic rings. The number of rotatable bonds is 4. The van der Waals surface area contributed by atoms with Gasteiger partial charge >= 0.3 is 0 Å². The lowest BCUT2D eigenvalue weighted by molar-refractivity contribution is -0.124. The van der Waals surface area contributed by atoms with E-state index in [-0.39, 0.29) is 24.0 Å². The molecular weight excluding hydrogens is 337 g/mol. The van der Waals surface area contributed by atoms with Gasteiger partial charge in [-0.25, -0.2) is 8.42 Å². The summed E-state index contributed by atoms with van der Waals surface area (Å²) in [6.45, 7) is 1.50. The Hall–Kier alpha value is -0.980. The monoisotopic (exact) mass is 351 g/mol. The summed E-state index contributed by atoms with van der Waals surface area (Å²) < 4.78 is 28.2. The highest BCUT2D eigenvalue weighted by Gasteiger charge is 2.39. The minimum atomic E-state index is -3.06. The zero-order valence-electron chi connectivity index (χ0n) is 11.4. The molecule has 116 valence electrons. The normalized spacial score (nSPS) is 23.8. The fraction of sp³-hybridized carbons (Fsp3) is 0.462. The molecule has 1 unspecified atom stereocenters. The van der Waals surface area contributed by atoms with Crippen molar-refractivity contribution in [3.63, 3.8) is 0 Å². The van der Waals surface area contributed by atoms with E-state index >= 15 is 0 Å². The van der Waals surface area contributed by atoms with Crippen LogP contribution in [0.1, 0.15) is 13.3 Å². The first kappa shape index (κ1) is 16.4. The number of hydrogen-bond acceptors (Lipinski definition) is 4. The third-order valence-electron chi connectivity index (χ3n) is 3.21. The molecule has 5 nitrogen and oxygen atoms in total. The van der Waals surface area contributed by atoms with E-state index in [1.54, 1.807) is 19.1 Å². The van der Waals surface area contributed by atoms with Crippen molar-refractivity contribution in [3.8, 4) is 5.75 Å². The molecule has 0 aliphatic carbocycles. The quantitative estimate of drug-likeness (QED) is 0.900. The number of sulfone groups is 1. The molecule has 1 aromatic rings. The molecule has 1 fully saturated rings. The zero-order valence-corrected chi connectivity index (χ0v) is 13.7. The van der Waals surface area contributed by atoms with Crippen LogP contribution in [0.25, 0.3) is 0 Å². The van der Waals surface area contributed by atoms with Crippen molar-refractivity contribution in [2.24, 2.45) is 0 Å². The summed E-state index contributed by atoms with van der Waals surface area (Å²) in [4.78, 5) is 11.9. The van der Waals surface area contributed by atoms with Gasteiger partial charge in [0.15, 0.2) is 16.4 Å². The lowest BCUT2D eigenvalue weighted by atomic mass is 10.0. The molecule has 0 saturated carbocycles. The van der Waals surface area contributed by atoms with E-state index in [4.69, 9.17) is 27.9 Å². The van der Waals surface area contributed by atoms with Crippen LogP contribution in [-0.4, -0.2) is 38.0 Å². The summed E-state index contributed by atoms with van der Waals surface area (Å²) in [7, 11) is -3.06. The molecule has 1 amide bonds. The average molecular weight is 352 g/mol. The lowest BCUT2D eigenvalue weighted by Crippen LogP contribution is -2.48. The Kier molecular flexibility index (Phi) is 4.70. The number of halogens is 2. The van der Waals surface area contributed by atoms with Crippen molar-refractivity contribution in [1.29, 1.82) is 0 Å². The largest absolute Gasteiger partial charge is 0.484 e. The first-order chi connectivity index (χ1) is 9.69. The Morgan fingerprint density at radius 1 is 1.38 bits per heavy atom. The summed E-state index contributed by atoms with van der Waals surface area (Å²) in [6, 6.07) is 4.68. The van der Waals surface area contributed by atoms with E-state index in [0.717, 1.165) is 0 Å². The van der Waals surface area contributed by atoms with E-state index in [1.165, 1.54) is 6.07 Å². The van der Waals surface area contributed by atoms with Crippen LogP contribution in [0.3, 0.4) is 0 Å². The molecule has 0 radical (unpaired) electrons. The van der Waals surface area contributed by atoms with E-state index in [1.807, 2.05) is 0 Å². The Bertz CT molecular complexity index is 662.